The lowest BCUT2D eigenvalue weighted by atomic mass is 10.1. The Labute approximate surface area is 199 Å². The molecule has 174 valence electrons. The van der Waals surface area contributed by atoms with Gasteiger partial charge < -0.3 is 4.90 Å². The number of primary sulfonamides is 1. The van der Waals surface area contributed by atoms with Crippen molar-refractivity contribution in [2.45, 2.75) is 30.6 Å². The predicted molar refractivity (Wildman–Crippen MR) is 124 cm³/mol. The van der Waals surface area contributed by atoms with Gasteiger partial charge in [-0.1, -0.05) is 29.8 Å². The van der Waals surface area contributed by atoms with Gasteiger partial charge in [-0.05, 0) is 42.3 Å². The van der Waals surface area contributed by atoms with Crippen LogP contribution < -0.4 is 5.14 Å². The molecule has 4 rings (SSSR count). The molecule has 1 amide bonds. The van der Waals surface area contributed by atoms with Crippen LogP contribution in [0.1, 0.15) is 28.2 Å². The van der Waals surface area contributed by atoms with E-state index in [1.165, 1.54) is 11.0 Å². The van der Waals surface area contributed by atoms with Gasteiger partial charge in [0.2, 0.25) is 10.0 Å². The van der Waals surface area contributed by atoms with E-state index in [2.05, 4.69) is 4.98 Å². The van der Waals surface area contributed by atoms with Gasteiger partial charge in [0.15, 0.2) is 5.01 Å². The van der Waals surface area contributed by atoms with Gasteiger partial charge in [-0.3, -0.25) is 4.79 Å². The van der Waals surface area contributed by atoms with Gasteiger partial charge >= 0.3 is 0 Å². The Morgan fingerprint density at radius 1 is 1.12 bits per heavy atom. The van der Waals surface area contributed by atoms with Crippen molar-refractivity contribution in [2.24, 2.45) is 5.14 Å². The number of aryl methyl sites for hydroxylation is 1. The molecule has 1 saturated heterocycles. The van der Waals surface area contributed by atoms with Crippen molar-refractivity contribution in [3.05, 3.63) is 58.1 Å². The minimum absolute atomic E-state index is 0.00866. The SMILES string of the molecule is Cc1cc(-c2sc(C(=O)N3CCC(F)(F)CC3)nc2-c2ccc(Cl)cc2)ccc1S(N)(=O)=O. The smallest absolute Gasteiger partial charge is 0.282 e. The van der Waals surface area contributed by atoms with E-state index in [1.807, 2.05) is 0 Å². The van der Waals surface area contributed by atoms with E-state index in [9.17, 15) is 22.0 Å². The molecular weight excluding hydrogens is 492 g/mol. The number of thiazole rings is 1. The van der Waals surface area contributed by atoms with Crippen LogP contribution in [-0.2, 0) is 10.0 Å². The maximum atomic E-state index is 13.5. The molecule has 3 aromatic rings. The Hall–Kier alpha value is -2.40. The number of sulfonamides is 1. The molecule has 0 spiro atoms. The van der Waals surface area contributed by atoms with Crippen molar-refractivity contribution in [2.75, 3.05) is 13.1 Å². The number of likely N-dealkylation sites (tertiary alicyclic amines) is 1. The quantitative estimate of drug-likeness (QED) is 0.536. The second kappa shape index (κ2) is 8.75. The molecule has 11 heteroatoms. The summed E-state index contributed by atoms with van der Waals surface area (Å²) in [6, 6.07) is 11.6. The van der Waals surface area contributed by atoms with E-state index >= 15 is 0 Å². The Morgan fingerprint density at radius 3 is 2.30 bits per heavy atom. The van der Waals surface area contributed by atoms with Crippen LogP contribution in [0.25, 0.3) is 21.7 Å². The molecular formula is C22H20ClF2N3O3S2. The zero-order valence-corrected chi connectivity index (χ0v) is 19.9. The Kier molecular flexibility index (Phi) is 6.30. The number of piperidine rings is 1. The lowest BCUT2D eigenvalue weighted by Gasteiger charge is -2.31. The van der Waals surface area contributed by atoms with Crippen molar-refractivity contribution in [1.29, 1.82) is 0 Å². The van der Waals surface area contributed by atoms with Crippen molar-refractivity contribution in [3.8, 4) is 21.7 Å². The van der Waals surface area contributed by atoms with Gasteiger partial charge in [-0.15, -0.1) is 11.3 Å². The van der Waals surface area contributed by atoms with Crippen molar-refractivity contribution in [1.82, 2.24) is 9.88 Å². The number of carbonyl (C=O) groups is 1. The summed E-state index contributed by atoms with van der Waals surface area (Å²) in [5.41, 5.74) is 2.34. The van der Waals surface area contributed by atoms with Crippen molar-refractivity contribution >= 4 is 38.9 Å². The van der Waals surface area contributed by atoms with E-state index < -0.39 is 21.9 Å². The summed E-state index contributed by atoms with van der Waals surface area (Å²) in [7, 11) is -3.88. The van der Waals surface area contributed by atoms with Crippen LogP contribution in [-0.4, -0.2) is 43.2 Å². The molecule has 1 aromatic heterocycles. The number of nitrogens with zero attached hydrogens (tertiary/aromatic N) is 2. The molecule has 1 aliphatic rings. The summed E-state index contributed by atoms with van der Waals surface area (Å²) in [5.74, 6) is -3.17. The highest BCUT2D eigenvalue weighted by atomic mass is 35.5. The number of carbonyl (C=O) groups excluding carboxylic acids is 1. The van der Waals surface area contributed by atoms with Gasteiger partial charge in [-0.25, -0.2) is 27.3 Å². The van der Waals surface area contributed by atoms with E-state index in [1.54, 1.807) is 43.3 Å². The van der Waals surface area contributed by atoms with E-state index in [0.29, 0.717) is 32.3 Å². The third kappa shape index (κ3) is 5.08. The number of rotatable bonds is 4. The van der Waals surface area contributed by atoms with Gasteiger partial charge in [0.25, 0.3) is 11.8 Å². The van der Waals surface area contributed by atoms with Gasteiger partial charge in [0, 0.05) is 36.5 Å². The van der Waals surface area contributed by atoms with E-state index in [-0.39, 0.29) is 35.8 Å². The fraction of sp³-hybridized carbons (Fsp3) is 0.273. The molecule has 0 atom stereocenters. The van der Waals surface area contributed by atoms with Crippen LogP contribution in [0.3, 0.4) is 0 Å². The third-order valence-corrected chi connectivity index (χ3v) is 7.87. The van der Waals surface area contributed by atoms with Crippen molar-refractivity contribution < 1.29 is 22.0 Å². The molecule has 0 radical (unpaired) electrons. The minimum Gasteiger partial charge on any atom is -0.336 e. The van der Waals surface area contributed by atoms with Gasteiger partial charge in [-0.2, -0.15) is 0 Å². The standard InChI is InChI=1S/C22H20ClF2N3O3S2/c1-13-12-15(4-7-17(13)33(26,30)31)19-18(14-2-5-16(23)6-3-14)27-20(32-19)21(29)28-10-8-22(24,25)9-11-28/h2-7,12H,8-11H2,1H3,(H2,26,30,31). The van der Waals surface area contributed by atoms with Crippen LogP contribution >= 0.6 is 22.9 Å². The summed E-state index contributed by atoms with van der Waals surface area (Å²) in [6.07, 6.45) is -0.759. The number of halogens is 3. The molecule has 0 aliphatic carbocycles. The number of benzene rings is 2. The monoisotopic (exact) mass is 511 g/mol. The zero-order chi connectivity index (χ0) is 24.0. The predicted octanol–water partition coefficient (Wildman–Crippen LogP) is 4.96. The maximum Gasteiger partial charge on any atom is 0.282 e. The molecule has 0 bridgehead atoms. The fourth-order valence-corrected chi connectivity index (χ4v) is 5.64. The molecule has 6 nitrogen and oxygen atoms in total. The highest BCUT2D eigenvalue weighted by molar-refractivity contribution is 7.89. The molecule has 2 N–H and O–H groups in total. The molecule has 2 aromatic carbocycles. The minimum atomic E-state index is -3.88. The van der Waals surface area contributed by atoms with Crippen molar-refractivity contribution in [3.63, 3.8) is 0 Å². The average Bonchev–Trinajstić information content (AvgIpc) is 3.18. The summed E-state index contributed by atoms with van der Waals surface area (Å²) in [6.45, 7) is 1.55. The molecule has 0 unspecified atom stereocenters. The summed E-state index contributed by atoms with van der Waals surface area (Å²) < 4.78 is 50.6. The van der Waals surface area contributed by atoms with Gasteiger partial charge in [0.1, 0.15) is 0 Å². The topological polar surface area (TPSA) is 93.4 Å². The largest absolute Gasteiger partial charge is 0.336 e. The van der Waals surface area contributed by atoms with Crippen LogP contribution in [0.2, 0.25) is 5.02 Å². The number of amides is 1. The average molecular weight is 512 g/mol. The van der Waals surface area contributed by atoms with E-state index in [4.69, 9.17) is 16.7 Å². The third-order valence-electron chi connectivity index (χ3n) is 5.45. The Morgan fingerprint density at radius 2 is 1.73 bits per heavy atom. The number of nitrogens with two attached hydrogens (primary N) is 1. The highest BCUT2D eigenvalue weighted by Crippen LogP contribution is 2.39. The van der Waals surface area contributed by atoms with Crippen LogP contribution in [0.15, 0.2) is 47.4 Å². The highest BCUT2D eigenvalue weighted by Gasteiger charge is 2.36. The summed E-state index contributed by atoms with van der Waals surface area (Å²) >= 11 is 7.14. The molecule has 1 fully saturated rings. The Balaban J connectivity index is 1.77. The molecule has 1 aliphatic heterocycles. The maximum absolute atomic E-state index is 13.5. The first-order valence-electron chi connectivity index (χ1n) is 10.0. The summed E-state index contributed by atoms with van der Waals surface area (Å²) in [4.78, 5) is 19.7. The number of alkyl halides is 2. The second-order valence-electron chi connectivity index (χ2n) is 7.88. The number of hydrogen-bond acceptors (Lipinski definition) is 5. The normalized spacial score (nSPS) is 16.1. The van der Waals surface area contributed by atoms with Crippen LogP contribution in [0.5, 0.6) is 0 Å². The van der Waals surface area contributed by atoms with Crippen LogP contribution in [0.4, 0.5) is 8.78 Å². The Bertz CT molecular complexity index is 1320. The first-order valence-corrected chi connectivity index (χ1v) is 12.8. The van der Waals surface area contributed by atoms with Gasteiger partial charge in [0.05, 0.1) is 15.5 Å². The lowest BCUT2D eigenvalue weighted by Crippen LogP contribution is -2.42. The molecule has 33 heavy (non-hydrogen) atoms. The zero-order valence-electron chi connectivity index (χ0n) is 17.5. The first-order chi connectivity index (χ1) is 15.4. The number of aromatic nitrogens is 1. The van der Waals surface area contributed by atoms with Crippen LogP contribution in [0, 0.1) is 6.92 Å². The first kappa shape index (κ1) is 23.7. The lowest BCUT2D eigenvalue weighted by molar-refractivity contribution is -0.0494. The fourth-order valence-electron chi connectivity index (χ4n) is 3.69. The molecule has 2 heterocycles. The van der Waals surface area contributed by atoms with E-state index in [0.717, 1.165) is 11.3 Å². The number of hydrogen-bond donors (Lipinski definition) is 1. The second-order valence-corrected chi connectivity index (χ2v) is 10.8. The summed E-state index contributed by atoms with van der Waals surface area (Å²) in [5, 5.41) is 5.98. The molecule has 0 saturated carbocycles.